The molecule has 4 nitrogen and oxygen atoms in total. The molecule has 5 heteroatoms. The first-order valence-electron chi connectivity index (χ1n) is 4.35. The lowest BCUT2D eigenvalue weighted by atomic mass is 10.1. The molecule has 0 radical (unpaired) electrons. The van der Waals surface area contributed by atoms with Crippen LogP contribution in [0.3, 0.4) is 0 Å². The highest BCUT2D eigenvalue weighted by Gasteiger charge is 2.25. The lowest BCUT2D eigenvalue weighted by Gasteiger charge is -2.04. The van der Waals surface area contributed by atoms with Crippen LogP contribution < -0.4 is 5.73 Å². The molecule has 0 amide bonds. The fourth-order valence-electron chi connectivity index (χ4n) is 1.44. The van der Waals surface area contributed by atoms with E-state index in [1.807, 2.05) is 6.07 Å². The van der Waals surface area contributed by atoms with Crippen molar-refractivity contribution in [2.45, 2.75) is 23.7 Å². The van der Waals surface area contributed by atoms with Gasteiger partial charge in [-0.2, -0.15) is 8.42 Å². The number of hydrogen-bond acceptors (Lipinski definition) is 3. The molecule has 0 atom stereocenters. The van der Waals surface area contributed by atoms with Crippen molar-refractivity contribution >= 4 is 15.8 Å². The van der Waals surface area contributed by atoms with E-state index in [2.05, 4.69) is 0 Å². The van der Waals surface area contributed by atoms with Gasteiger partial charge in [0.25, 0.3) is 10.1 Å². The van der Waals surface area contributed by atoms with Gasteiger partial charge in [-0.05, 0) is 36.5 Å². The van der Waals surface area contributed by atoms with Gasteiger partial charge in [0.1, 0.15) is 4.90 Å². The Bertz CT molecular complexity index is 463. The molecule has 0 bridgehead atoms. The van der Waals surface area contributed by atoms with Crippen LogP contribution in [0.15, 0.2) is 23.1 Å². The molecule has 14 heavy (non-hydrogen) atoms. The fourth-order valence-corrected chi connectivity index (χ4v) is 2.10. The maximum Gasteiger partial charge on any atom is 0.296 e. The van der Waals surface area contributed by atoms with Gasteiger partial charge in [0.2, 0.25) is 0 Å². The van der Waals surface area contributed by atoms with Gasteiger partial charge in [0, 0.05) is 0 Å². The molecule has 0 saturated heterocycles. The van der Waals surface area contributed by atoms with E-state index in [1.165, 1.54) is 12.1 Å². The van der Waals surface area contributed by atoms with Crippen LogP contribution in [0.2, 0.25) is 0 Å². The smallest absolute Gasteiger partial charge is 0.296 e. The third kappa shape index (κ3) is 1.73. The zero-order valence-electron chi connectivity index (χ0n) is 7.47. The number of hydrogen-bond donors (Lipinski definition) is 2. The van der Waals surface area contributed by atoms with Crippen molar-refractivity contribution in [1.29, 1.82) is 0 Å². The lowest BCUT2D eigenvalue weighted by Crippen LogP contribution is -2.03. The second kappa shape index (κ2) is 2.96. The molecular weight excluding hydrogens is 202 g/mol. The molecule has 1 saturated carbocycles. The van der Waals surface area contributed by atoms with E-state index in [0.717, 1.165) is 18.4 Å². The molecule has 0 unspecified atom stereocenters. The topological polar surface area (TPSA) is 80.4 Å². The van der Waals surface area contributed by atoms with Crippen LogP contribution in [-0.2, 0) is 10.1 Å². The summed E-state index contributed by atoms with van der Waals surface area (Å²) in [4.78, 5) is -0.179. The third-order valence-corrected chi connectivity index (χ3v) is 3.27. The summed E-state index contributed by atoms with van der Waals surface area (Å²) in [5, 5.41) is 0. The van der Waals surface area contributed by atoms with E-state index in [1.54, 1.807) is 0 Å². The lowest BCUT2D eigenvalue weighted by molar-refractivity contribution is 0.483. The SMILES string of the molecule is Nc1ccc(C2CC2)cc1S(=O)(=O)O. The summed E-state index contributed by atoms with van der Waals surface area (Å²) in [6.45, 7) is 0. The first-order valence-corrected chi connectivity index (χ1v) is 5.79. The number of anilines is 1. The summed E-state index contributed by atoms with van der Waals surface area (Å²) in [6, 6.07) is 4.79. The summed E-state index contributed by atoms with van der Waals surface area (Å²) in [5.41, 5.74) is 6.49. The molecule has 0 aliphatic heterocycles. The van der Waals surface area contributed by atoms with Gasteiger partial charge < -0.3 is 5.73 Å². The highest BCUT2D eigenvalue weighted by Crippen LogP contribution is 2.41. The summed E-state index contributed by atoms with van der Waals surface area (Å²) < 4.78 is 30.7. The Balaban J connectivity index is 2.52. The van der Waals surface area contributed by atoms with Crippen molar-refractivity contribution in [3.05, 3.63) is 23.8 Å². The Kier molecular flexibility index (Phi) is 2.01. The van der Waals surface area contributed by atoms with Crippen LogP contribution >= 0.6 is 0 Å². The average molecular weight is 213 g/mol. The molecule has 1 aliphatic rings. The molecular formula is C9H11NO3S. The molecule has 1 aromatic rings. The van der Waals surface area contributed by atoms with Crippen LogP contribution in [0, 0.1) is 0 Å². The van der Waals surface area contributed by atoms with Gasteiger partial charge in [0.15, 0.2) is 0 Å². The van der Waals surface area contributed by atoms with Crippen LogP contribution in [0.5, 0.6) is 0 Å². The molecule has 0 spiro atoms. The number of benzene rings is 1. The standard InChI is InChI=1S/C9H11NO3S/c10-8-4-3-7(6-1-2-6)5-9(8)14(11,12)13/h3-6H,1-2,10H2,(H,11,12,13). The maximum absolute atomic E-state index is 10.9. The second-order valence-corrected chi connectivity index (χ2v) is 4.94. The minimum Gasteiger partial charge on any atom is -0.398 e. The molecule has 0 heterocycles. The summed E-state index contributed by atoms with van der Waals surface area (Å²) >= 11 is 0. The van der Waals surface area contributed by atoms with Gasteiger partial charge >= 0.3 is 0 Å². The van der Waals surface area contributed by atoms with Crippen LogP contribution in [0.4, 0.5) is 5.69 Å². The van der Waals surface area contributed by atoms with E-state index < -0.39 is 10.1 Å². The Hall–Kier alpha value is -1.07. The largest absolute Gasteiger partial charge is 0.398 e. The van der Waals surface area contributed by atoms with Gasteiger partial charge in [-0.15, -0.1) is 0 Å². The first-order chi connectivity index (χ1) is 6.48. The highest BCUT2D eigenvalue weighted by atomic mass is 32.2. The number of rotatable bonds is 2. The van der Waals surface area contributed by atoms with Crippen molar-refractivity contribution in [2.24, 2.45) is 0 Å². The zero-order valence-corrected chi connectivity index (χ0v) is 8.29. The zero-order chi connectivity index (χ0) is 10.3. The van der Waals surface area contributed by atoms with Crippen LogP contribution in [0.25, 0.3) is 0 Å². The summed E-state index contributed by atoms with van der Waals surface area (Å²) in [6.07, 6.45) is 2.16. The monoisotopic (exact) mass is 213 g/mol. The van der Waals surface area contributed by atoms with Gasteiger partial charge in [-0.25, -0.2) is 0 Å². The van der Waals surface area contributed by atoms with Gasteiger partial charge in [-0.3, -0.25) is 4.55 Å². The van der Waals surface area contributed by atoms with Crippen molar-refractivity contribution in [2.75, 3.05) is 5.73 Å². The second-order valence-electron chi connectivity index (χ2n) is 3.55. The molecule has 1 fully saturated rings. The molecule has 1 aromatic carbocycles. The third-order valence-electron chi connectivity index (χ3n) is 2.36. The Morgan fingerprint density at radius 1 is 1.36 bits per heavy atom. The Labute approximate surface area is 82.5 Å². The molecule has 0 aromatic heterocycles. The molecule has 3 N–H and O–H groups in total. The van der Waals surface area contributed by atoms with Gasteiger partial charge in [0.05, 0.1) is 5.69 Å². The van der Waals surface area contributed by atoms with E-state index in [9.17, 15) is 8.42 Å². The van der Waals surface area contributed by atoms with Crippen molar-refractivity contribution < 1.29 is 13.0 Å². The van der Waals surface area contributed by atoms with Crippen molar-refractivity contribution in [3.8, 4) is 0 Å². The van der Waals surface area contributed by atoms with Crippen LogP contribution in [0.1, 0.15) is 24.3 Å². The molecule has 2 rings (SSSR count). The fraction of sp³-hybridized carbons (Fsp3) is 0.333. The average Bonchev–Trinajstić information content (AvgIpc) is 2.85. The van der Waals surface area contributed by atoms with E-state index in [-0.39, 0.29) is 10.6 Å². The maximum atomic E-state index is 10.9. The number of nitrogen functional groups attached to an aromatic ring is 1. The van der Waals surface area contributed by atoms with Gasteiger partial charge in [-0.1, -0.05) is 6.07 Å². The van der Waals surface area contributed by atoms with Crippen molar-refractivity contribution in [3.63, 3.8) is 0 Å². The minimum atomic E-state index is -4.19. The first kappa shape index (κ1) is 9.48. The Morgan fingerprint density at radius 3 is 2.50 bits per heavy atom. The normalized spacial score (nSPS) is 16.9. The van der Waals surface area contributed by atoms with E-state index in [4.69, 9.17) is 10.3 Å². The quantitative estimate of drug-likeness (QED) is 0.574. The Morgan fingerprint density at radius 2 is 2.00 bits per heavy atom. The summed E-state index contributed by atoms with van der Waals surface area (Å²) in [5.74, 6) is 0.441. The van der Waals surface area contributed by atoms with Crippen molar-refractivity contribution in [1.82, 2.24) is 0 Å². The predicted molar refractivity (Wildman–Crippen MR) is 52.6 cm³/mol. The molecule has 76 valence electrons. The van der Waals surface area contributed by atoms with E-state index >= 15 is 0 Å². The van der Waals surface area contributed by atoms with Crippen LogP contribution in [-0.4, -0.2) is 13.0 Å². The molecule has 1 aliphatic carbocycles. The summed E-state index contributed by atoms with van der Waals surface area (Å²) in [7, 11) is -4.19. The number of nitrogens with two attached hydrogens (primary N) is 1. The van der Waals surface area contributed by atoms with E-state index in [0.29, 0.717) is 5.92 Å². The predicted octanol–water partition coefficient (Wildman–Crippen LogP) is 1.39. The highest BCUT2D eigenvalue weighted by molar-refractivity contribution is 7.86. The minimum absolute atomic E-state index is 0.0944.